The van der Waals surface area contributed by atoms with Crippen molar-refractivity contribution in [3.05, 3.63) is 0 Å². The van der Waals surface area contributed by atoms with Crippen molar-refractivity contribution in [2.75, 3.05) is 0 Å². The van der Waals surface area contributed by atoms with E-state index < -0.39 is 28.5 Å². The maximum Gasteiger partial charge on any atom is 0.575 e. The SMILES string of the molecule is [O-][Cl+3]([O-])([O-])OC(F)(F)C(F)(F)C(F)(F)F. The Balaban J connectivity index is 5.03. The number of halogens is 8. The third-order valence-corrected chi connectivity index (χ3v) is 1.30. The molecule has 0 atom stereocenters. The largest absolute Gasteiger partial charge is 0.575 e. The third kappa shape index (κ3) is 3.31. The molecule has 15 heavy (non-hydrogen) atoms. The van der Waals surface area contributed by atoms with Gasteiger partial charge < -0.3 is 0 Å². The zero-order valence-corrected chi connectivity index (χ0v) is 6.91. The van der Waals surface area contributed by atoms with Crippen molar-refractivity contribution in [3.8, 4) is 0 Å². The summed E-state index contributed by atoms with van der Waals surface area (Å²) < 4.78 is 111. The standard InChI is InChI=1S/C3ClF7O4/c5-1(6,2(7,8)9)3(10,11)15-4(12,13)14. The summed E-state index contributed by atoms with van der Waals surface area (Å²) in [6.07, 6.45) is -13.3. The van der Waals surface area contributed by atoms with Gasteiger partial charge in [0, 0.05) is 0 Å². The molecular weight excluding hydrogens is 268 g/mol. The first-order valence-electron chi connectivity index (χ1n) is 2.64. The van der Waals surface area contributed by atoms with Crippen molar-refractivity contribution in [1.82, 2.24) is 0 Å². The minimum absolute atomic E-state index is 1.80. The summed E-state index contributed by atoms with van der Waals surface area (Å²) in [5, 5.41) is 0. The Bertz CT molecular complexity index is 231. The molecule has 0 radical (unpaired) electrons. The lowest BCUT2D eigenvalue weighted by molar-refractivity contribution is -1.92. The molecule has 0 bridgehead atoms. The predicted molar refractivity (Wildman–Crippen MR) is 17.0 cm³/mol. The van der Waals surface area contributed by atoms with Crippen molar-refractivity contribution >= 4 is 0 Å². The van der Waals surface area contributed by atoms with Gasteiger partial charge in [0.25, 0.3) is 0 Å². The molecule has 0 aliphatic carbocycles. The highest BCUT2D eigenvalue weighted by Crippen LogP contribution is 2.47. The van der Waals surface area contributed by atoms with Gasteiger partial charge in [-0.2, -0.15) is 44.7 Å². The van der Waals surface area contributed by atoms with Crippen molar-refractivity contribution in [2.24, 2.45) is 0 Å². The molecule has 0 saturated carbocycles. The Labute approximate surface area is 78.6 Å². The van der Waals surface area contributed by atoms with Crippen LogP contribution in [0.2, 0.25) is 0 Å². The molecule has 0 aromatic heterocycles. The van der Waals surface area contributed by atoms with Crippen LogP contribution >= 0.6 is 0 Å². The lowest BCUT2D eigenvalue weighted by Gasteiger charge is -2.24. The fourth-order valence-electron chi connectivity index (χ4n) is 0.332. The summed E-state index contributed by atoms with van der Waals surface area (Å²) in [6, 6.07) is 0. The molecule has 0 amide bonds. The summed E-state index contributed by atoms with van der Waals surface area (Å²) in [7, 11) is -6.13. The Morgan fingerprint density at radius 2 is 1.13 bits per heavy atom. The van der Waals surface area contributed by atoms with E-state index in [1.165, 1.54) is 0 Å². The second-order valence-electron chi connectivity index (χ2n) is 2.04. The Morgan fingerprint density at radius 1 is 0.800 bits per heavy atom. The topological polar surface area (TPSA) is 78.4 Å². The van der Waals surface area contributed by atoms with E-state index in [1.807, 2.05) is 0 Å². The molecule has 0 aromatic carbocycles. The zero-order chi connectivity index (χ0) is 12.7. The molecular formula is C3ClF7O4. The molecule has 0 unspecified atom stereocenters. The average molecular weight is 268 g/mol. The summed E-state index contributed by atoms with van der Waals surface area (Å²) in [6.45, 7) is 0. The molecule has 0 rings (SSSR count). The van der Waals surface area contributed by atoms with Gasteiger partial charge in [-0.3, -0.25) is 0 Å². The van der Waals surface area contributed by atoms with E-state index in [4.69, 9.17) is 0 Å². The van der Waals surface area contributed by atoms with Gasteiger partial charge in [0.05, 0.1) is 10.2 Å². The van der Waals surface area contributed by atoms with E-state index in [0.717, 1.165) is 0 Å². The second kappa shape index (κ2) is 3.59. The van der Waals surface area contributed by atoms with Gasteiger partial charge in [0.1, 0.15) is 0 Å². The molecule has 12 heteroatoms. The van der Waals surface area contributed by atoms with Gasteiger partial charge >= 0.3 is 18.2 Å². The number of alkyl halides is 7. The molecule has 0 N–H and O–H groups in total. The summed E-state index contributed by atoms with van der Waals surface area (Å²) in [4.78, 5) is 0. The molecule has 0 aromatic rings. The maximum atomic E-state index is 11.9. The van der Waals surface area contributed by atoms with Gasteiger partial charge in [-0.1, -0.05) is 0 Å². The Kier molecular flexibility index (Phi) is 3.50. The Morgan fingerprint density at radius 3 is 1.33 bits per heavy atom. The quantitative estimate of drug-likeness (QED) is 0.596. The first-order chi connectivity index (χ1) is 6.21. The van der Waals surface area contributed by atoms with Gasteiger partial charge in [-0.25, -0.2) is 0 Å². The van der Waals surface area contributed by atoms with Crippen LogP contribution in [0.4, 0.5) is 30.7 Å². The molecule has 0 spiro atoms. The Hall–Kier alpha value is -0.360. The van der Waals surface area contributed by atoms with E-state index in [0.29, 0.717) is 0 Å². The average Bonchev–Trinajstić information content (AvgIpc) is 1.77. The van der Waals surface area contributed by atoms with Crippen molar-refractivity contribution < 1.29 is 59.2 Å². The number of hydrogen-bond acceptors (Lipinski definition) is 4. The van der Waals surface area contributed by atoms with Crippen LogP contribution in [0, 0.1) is 10.2 Å². The molecule has 0 fully saturated rings. The zero-order valence-electron chi connectivity index (χ0n) is 6.16. The van der Waals surface area contributed by atoms with Gasteiger partial charge in [0.15, 0.2) is 4.29 Å². The maximum absolute atomic E-state index is 11.9. The second-order valence-corrected chi connectivity index (χ2v) is 2.95. The van der Waals surface area contributed by atoms with E-state index in [9.17, 15) is 44.7 Å². The molecule has 0 aliphatic rings. The first-order valence-corrected chi connectivity index (χ1v) is 3.88. The summed E-state index contributed by atoms with van der Waals surface area (Å²) in [5.74, 6) is -6.80. The van der Waals surface area contributed by atoms with Crippen LogP contribution in [0.1, 0.15) is 0 Å². The highest BCUT2D eigenvalue weighted by Gasteiger charge is 2.81. The van der Waals surface area contributed by atoms with E-state index in [1.54, 1.807) is 4.29 Å². The van der Waals surface area contributed by atoms with Crippen LogP contribution < -0.4 is 14.0 Å². The lowest BCUT2D eigenvalue weighted by Crippen LogP contribution is -2.67. The highest BCUT2D eigenvalue weighted by molar-refractivity contribution is 4.83. The summed E-state index contributed by atoms with van der Waals surface area (Å²) in [5.41, 5.74) is 0. The molecule has 92 valence electrons. The number of hydrogen-bond donors (Lipinski definition) is 0. The minimum atomic E-state index is -6.80. The minimum Gasteiger partial charge on any atom is -0.186 e. The van der Waals surface area contributed by atoms with Crippen molar-refractivity contribution in [1.29, 1.82) is 0 Å². The lowest BCUT2D eigenvalue weighted by atomic mass is 10.3. The van der Waals surface area contributed by atoms with E-state index >= 15 is 0 Å². The van der Waals surface area contributed by atoms with Crippen molar-refractivity contribution in [3.63, 3.8) is 0 Å². The summed E-state index contributed by atoms with van der Waals surface area (Å²) >= 11 is 0. The smallest absolute Gasteiger partial charge is 0.186 e. The third-order valence-electron chi connectivity index (χ3n) is 0.913. The van der Waals surface area contributed by atoms with Gasteiger partial charge in [-0.15, -0.1) is 0 Å². The van der Waals surface area contributed by atoms with Crippen LogP contribution in [0.25, 0.3) is 0 Å². The molecule has 0 heterocycles. The van der Waals surface area contributed by atoms with Crippen LogP contribution in [0.3, 0.4) is 0 Å². The van der Waals surface area contributed by atoms with E-state index in [-0.39, 0.29) is 0 Å². The molecule has 4 nitrogen and oxygen atoms in total. The fraction of sp³-hybridized carbons (Fsp3) is 1.00. The van der Waals surface area contributed by atoms with Crippen LogP contribution in [0.15, 0.2) is 0 Å². The highest BCUT2D eigenvalue weighted by atomic mass is 35.7. The van der Waals surface area contributed by atoms with Crippen molar-refractivity contribution in [2.45, 2.75) is 18.2 Å². The van der Waals surface area contributed by atoms with Crippen LogP contribution in [0.5, 0.6) is 0 Å². The molecule has 0 aliphatic heterocycles. The molecule has 0 saturated heterocycles. The van der Waals surface area contributed by atoms with Gasteiger partial charge in [-0.05, 0) is 0 Å². The van der Waals surface area contributed by atoms with E-state index in [2.05, 4.69) is 0 Å². The van der Waals surface area contributed by atoms with Gasteiger partial charge in [0.2, 0.25) is 0 Å². The predicted octanol–water partition coefficient (Wildman–Crippen LogP) is -1.31. The fourth-order valence-corrected chi connectivity index (χ4v) is 0.666. The number of rotatable bonds is 3. The van der Waals surface area contributed by atoms with Crippen LogP contribution in [-0.2, 0) is 4.29 Å². The monoisotopic (exact) mass is 268 g/mol. The van der Waals surface area contributed by atoms with Crippen LogP contribution in [-0.4, -0.2) is 18.2 Å². The normalized spacial score (nSPS) is 15.6. The first kappa shape index (κ1) is 14.6.